The van der Waals surface area contributed by atoms with Gasteiger partial charge in [-0.15, -0.1) is 0 Å². The lowest BCUT2D eigenvalue weighted by atomic mass is 10.2. The number of para-hydroxylation sites is 1. The fourth-order valence-corrected chi connectivity index (χ4v) is 4.09. The first-order valence-electron chi connectivity index (χ1n) is 9.63. The summed E-state index contributed by atoms with van der Waals surface area (Å²) in [7, 11) is -2.17. The van der Waals surface area contributed by atoms with Gasteiger partial charge in [-0.1, -0.05) is 24.3 Å². The van der Waals surface area contributed by atoms with Crippen LogP contribution in [0.3, 0.4) is 0 Å². The molecule has 0 aliphatic carbocycles. The fraction of sp³-hybridized carbons (Fsp3) is 0.174. The molecular formula is C23H24N2O5S. The lowest BCUT2D eigenvalue weighted by molar-refractivity contribution is 0.102. The zero-order valence-electron chi connectivity index (χ0n) is 17.2. The molecule has 3 aromatic rings. The molecule has 31 heavy (non-hydrogen) atoms. The number of benzene rings is 3. The van der Waals surface area contributed by atoms with Crippen LogP contribution in [-0.2, 0) is 14.8 Å². The van der Waals surface area contributed by atoms with Crippen molar-refractivity contribution in [1.82, 2.24) is 4.72 Å². The molecule has 1 unspecified atom stereocenters. The van der Waals surface area contributed by atoms with Crippen LogP contribution in [0.15, 0.2) is 83.8 Å². The van der Waals surface area contributed by atoms with E-state index in [1.165, 1.54) is 31.4 Å². The van der Waals surface area contributed by atoms with Crippen LogP contribution in [0, 0.1) is 0 Å². The second-order valence-corrected chi connectivity index (χ2v) is 8.61. The number of carbonyl (C=O) groups is 1. The molecule has 1 atom stereocenters. The first kappa shape index (κ1) is 22.5. The highest BCUT2D eigenvalue weighted by molar-refractivity contribution is 7.89. The van der Waals surface area contributed by atoms with Crippen LogP contribution in [0.2, 0.25) is 0 Å². The first-order chi connectivity index (χ1) is 14.9. The minimum Gasteiger partial charge on any atom is -0.457 e. The van der Waals surface area contributed by atoms with Crippen molar-refractivity contribution in [3.05, 3.63) is 84.4 Å². The van der Waals surface area contributed by atoms with Gasteiger partial charge in [0.25, 0.3) is 5.91 Å². The molecule has 0 saturated heterocycles. The lowest BCUT2D eigenvalue weighted by Crippen LogP contribution is -2.35. The Hall–Kier alpha value is -3.20. The second-order valence-electron chi connectivity index (χ2n) is 6.90. The zero-order chi connectivity index (χ0) is 22.3. The topological polar surface area (TPSA) is 93.7 Å². The largest absolute Gasteiger partial charge is 0.457 e. The van der Waals surface area contributed by atoms with Crippen molar-refractivity contribution < 1.29 is 22.7 Å². The second kappa shape index (κ2) is 10.2. The minimum atomic E-state index is -3.67. The van der Waals surface area contributed by atoms with Crippen molar-refractivity contribution in [3.8, 4) is 11.5 Å². The van der Waals surface area contributed by atoms with E-state index in [0.29, 0.717) is 22.7 Å². The highest BCUT2D eigenvalue weighted by Gasteiger charge is 2.17. The number of nitrogens with one attached hydrogen (secondary N) is 2. The van der Waals surface area contributed by atoms with Crippen LogP contribution < -0.4 is 14.8 Å². The third kappa shape index (κ3) is 6.39. The van der Waals surface area contributed by atoms with Crippen LogP contribution in [0.25, 0.3) is 0 Å². The molecule has 3 rings (SSSR count). The number of anilines is 1. The highest BCUT2D eigenvalue weighted by atomic mass is 32.2. The van der Waals surface area contributed by atoms with Gasteiger partial charge >= 0.3 is 0 Å². The summed E-state index contributed by atoms with van der Waals surface area (Å²) in [5.41, 5.74) is 0.892. The molecule has 1 amide bonds. The van der Waals surface area contributed by atoms with Gasteiger partial charge in [-0.05, 0) is 61.5 Å². The number of sulfonamides is 1. The number of hydrogen-bond acceptors (Lipinski definition) is 5. The maximum atomic E-state index is 12.6. The summed E-state index contributed by atoms with van der Waals surface area (Å²) in [5.74, 6) is 0.878. The Kier molecular flexibility index (Phi) is 7.41. The number of carbonyl (C=O) groups excluding carboxylic acids is 1. The summed E-state index contributed by atoms with van der Waals surface area (Å²) in [6.07, 6.45) is 0. The van der Waals surface area contributed by atoms with Gasteiger partial charge in [0.05, 0.1) is 11.5 Å². The first-order valence-corrected chi connectivity index (χ1v) is 11.1. The maximum Gasteiger partial charge on any atom is 0.255 e. The quantitative estimate of drug-likeness (QED) is 0.524. The molecule has 0 aliphatic heterocycles. The van der Waals surface area contributed by atoms with Gasteiger partial charge in [0.2, 0.25) is 10.0 Å². The summed E-state index contributed by atoms with van der Waals surface area (Å²) < 4.78 is 38.0. The molecule has 0 radical (unpaired) electrons. The smallest absolute Gasteiger partial charge is 0.255 e. The van der Waals surface area contributed by atoms with E-state index in [4.69, 9.17) is 9.47 Å². The summed E-state index contributed by atoms with van der Waals surface area (Å²) in [6, 6.07) is 21.7. The van der Waals surface area contributed by atoms with Gasteiger partial charge in [-0.2, -0.15) is 0 Å². The SMILES string of the molecule is COCC(C)NS(=O)(=O)c1ccc(NC(=O)c2cccc(Oc3ccccc3)c2)cc1. The van der Waals surface area contributed by atoms with Crippen molar-refractivity contribution in [2.24, 2.45) is 0 Å². The number of hydrogen-bond donors (Lipinski definition) is 2. The summed E-state index contributed by atoms with van der Waals surface area (Å²) >= 11 is 0. The fourth-order valence-electron chi connectivity index (χ4n) is 2.86. The maximum absolute atomic E-state index is 12.6. The Balaban J connectivity index is 1.66. The van der Waals surface area contributed by atoms with E-state index in [9.17, 15) is 13.2 Å². The summed E-state index contributed by atoms with van der Waals surface area (Å²) in [6.45, 7) is 1.98. The Bertz CT molecular complexity index is 1120. The Morgan fingerprint density at radius 3 is 2.29 bits per heavy atom. The third-order valence-corrected chi connectivity index (χ3v) is 5.88. The summed E-state index contributed by atoms with van der Waals surface area (Å²) in [4.78, 5) is 12.7. The van der Waals surface area contributed by atoms with Gasteiger partial charge in [0, 0.05) is 24.4 Å². The van der Waals surface area contributed by atoms with Crippen molar-refractivity contribution in [3.63, 3.8) is 0 Å². The molecule has 8 heteroatoms. The molecule has 0 saturated carbocycles. The molecule has 162 valence electrons. The lowest BCUT2D eigenvalue weighted by Gasteiger charge is -2.13. The monoisotopic (exact) mass is 440 g/mol. The third-order valence-electron chi connectivity index (χ3n) is 4.27. The molecular weight excluding hydrogens is 416 g/mol. The number of rotatable bonds is 9. The molecule has 0 fully saturated rings. The summed E-state index contributed by atoms with van der Waals surface area (Å²) in [5, 5.41) is 2.76. The van der Waals surface area contributed by atoms with E-state index in [1.807, 2.05) is 30.3 Å². The molecule has 3 aromatic carbocycles. The van der Waals surface area contributed by atoms with E-state index in [0.717, 1.165) is 0 Å². The van der Waals surface area contributed by atoms with Gasteiger partial charge in [0.1, 0.15) is 11.5 Å². The number of amides is 1. The molecule has 0 spiro atoms. The predicted octanol–water partition coefficient (Wildman–Crippen LogP) is 4.04. The van der Waals surface area contributed by atoms with Gasteiger partial charge in [-0.3, -0.25) is 4.79 Å². The number of ether oxygens (including phenoxy) is 2. The van der Waals surface area contributed by atoms with E-state index in [2.05, 4.69) is 10.0 Å². The van der Waals surface area contributed by atoms with Crippen LogP contribution >= 0.6 is 0 Å². The standard InChI is InChI=1S/C23H24N2O5S/c1-17(16-29-2)25-31(27,28)22-13-11-19(12-14-22)24-23(26)18-7-6-10-21(15-18)30-20-8-4-3-5-9-20/h3-15,17,25H,16H2,1-2H3,(H,24,26). The molecule has 0 heterocycles. The average Bonchev–Trinajstić information content (AvgIpc) is 2.75. The zero-order valence-corrected chi connectivity index (χ0v) is 18.1. The molecule has 0 aromatic heterocycles. The van der Waals surface area contributed by atoms with Gasteiger partial charge in [-0.25, -0.2) is 13.1 Å². The number of methoxy groups -OCH3 is 1. The molecule has 2 N–H and O–H groups in total. The Morgan fingerprint density at radius 2 is 1.61 bits per heavy atom. The minimum absolute atomic E-state index is 0.103. The Morgan fingerprint density at radius 1 is 0.935 bits per heavy atom. The van der Waals surface area contributed by atoms with E-state index < -0.39 is 10.0 Å². The van der Waals surface area contributed by atoms with Crippen molar-refractivity contribution in [2.45, 2.75) is 17.9 Å². The molecule has 0 aliphatic rings. The van der Waals surface area contributed by atoms with E-state index >= 15 is 0 Å². The average molecular weight is 441 g/mol. The van der Waals surface area contributed by atoms with Crippen LogP contribution in [0.4, 0.5) is 5.69 Å². The normalized spacial score (nSPS) is 12.2. The van der Waals surface area contributed by atoms with Crippen LogP contribution in [-0.4, -0.2) is 34.1 Å². The van der Waals surface area contributed by atoms with Crippen molar-refractivity contribution >= 4 is 21.6 Å². The molecule has 7 nitrogen and oxygen atoms in total. The van der Waals surface area contributed by atoms with Gasteiger partial charge in [0.15, 0.2) is 0 Å². The van der Waals surface area contributed by atoms with Crippen LogP contribution in [0.5, 0.6) is 11.5 Å². The van der Waals surface area contributed by atoms with Gasteiger partial charge < -0.3 is 14.8 Å². The highest BCUT2D eigenvalue weighted by Crippen LogP contribution is 2.22. The van der Waals surface area contributed by atoms with Crippen molar-refractivity contribution in [1.29, 1.82) is 0 Å². The van der Waals surface area contributed by atoms with Crippen LogP contribution in [0.1, 0.15) is 17.3 Å². The molecule has 0 bridgehead atoms. The Labute approximate surface area is 182 Å². The van der Waals surface area contributed by atoms with Crippen molar-refractivity contribution in [2.75, 3.05) is 19.0 Å². The predicted molar refractivity (Wildman–Crippen MR) is 119 cm³/mol. The van der Waals surface area contributed by atoms with E-state index in [-0.39, 0.29) is 23.5 Å². The van der Waals surface area contributed by atoms with E-state index in [1.54, 1.807) is 31.2 Å².